The molecule has 0 bridgehead atoms. The van der Waals surface area contributed by atoms with Crippen LogP contribution >= 0.6 is 0 Å². The van der Waals surface area contributed by atoms with Gasteiger partial charge in [0.05, 0.1) is 0 Å². The lowest BCUT2D eigenvalue weighted by atomic mass is 10.1. The molecule has 1 aromatic rings. The normalized spacial score (nSPS) is 22.9. The van der Waals surface area contributed by atoms with Crippen LogP contribution in [0.15, 0.2) is 18.2 Å². The summed E-state index contributed by atoms with van der Waals surface area (Å²) in [6, 6.07) is 6.11. The molecule has 1 atom stereocenters. The minimum atomic E-state index is -0.0637. The van der Waals surface area contributed by atoms with Crippen molar-refractivity contribution in [3.63, 3.8) is 0 Å². The van der Waals surface area contributed by atoms with Crippen molar-refractivity contribution in [3.8, 4) is 0 Å². The maximum atomic E-state index is 12.1. The second kappa shape index (κ2) is 3.83. The number of fused-ring (bicyclic) bond motifs is 1. The molecule has 2 amide bonds. The molecule has 0 radical (unpaired) electrons. The number of amides is 2. The number of benzene rings is 1. The second-order valence-electron chi connectivity index (χ2n) is 5.15. The van der Waals surface area contributed by atoms with E-state index in [1.165, 1.54) is 0 Å². The first-order valence-electron chi connectivity index (χ1n) is 6.26. The van der Waals surface area contributed by atoms with E-state index < -0.39 is 0 Å². The van der Waals surface area contributed by atoms with Gasteiger partial charge in [0.1, 0.15) is 12.7 Å². The summed E-state index contributed by atoms with van der Waals surface area (Å²) in [6.45, 7) is 4.28. The smallest absolute Gasteiger partial charge is 0.248 e. The Morgan fingerprint density at radius 3 is 2.39 bits per heavy atom. The summed E-state index contributed by atoms with van der Waals surface area (Å²) in [5.74, 6) is 0.123. The minimum Gasteiger partial charge on any atom is -0.312 e. The number of anilines is 1. The Morgan fingerprint density at radius 1 is 1.06 bits per heavy atom. The van der Waals surface area contributed by atoms with Crippen LogP contribution in [0, 0.1) is 13.8 Å². The zero-order valence-electron chi connectivity index (χ0n) is 10.6. The van der Waals surface area contributed by atoms with Gasteiger partial charge in [0.2, 0.25) is 11.8 Å². The van der Waals surface area contributed by atoms with Crippen molar-refractivity contribution in [1.82, 2.24) is 4.90 Å². The Balaban J connectivity index is 2.00. The van der Waals surface area contributed by atoms with Crippen molar-refractivity contribution in [2.45, 2.75) is 32.9 Å². The number of hydrogen-bond acceptors (Lipinski definition) is 2. The molecule has 0 saturated carbocycles. The average molecular weight is 244 g/mol. The monoisotopic (exact) mass is 244 g/mol. The Bertz CT molecular complexity index is 518. The fraction of sp³-hybridized carbons (Fsp3) is 0.429. The van der Waals surface area contributed by atoms with Crippen molar-refractivity contribution >= 4 is 17.5 Å². The van der Waals surface area contributed by atoms with E-state index in [0.717, 1.165) is 23.2 Å². The number of aryl methyl sites for hydroxylation is 2. The number of hydrogen-bond donors (Lipinski definition) is 0. The van der Waals surface area contributed by atoms with Crippen molar-refractivity contribution < 1.29 is 9.59 Å². The first kappa shape index (κ1) is 11.3. The third kappa shape index (κ3) is 1.60. The first-order chi connectivity index (χ1) is 8.56. The van der Waals surface area contributed by atoms with Crippen LogP contribution in [0.25, 0.3) is 0 Å². The summed E-state index contributed by atoms with van der Waals surface area (Å²) in [5.41, 5.74) is 3.20. The Labute approximate surface area is 106 Å². The average Bonchev–Trinajstić information content (AvgIpc) is 2.77. The van der Waals surface area contributed by atoms with Gasteiger partial charge in [-0.05, 0) is 43.5 Å². The standard InChI is InChI=1S/C14H16N2O2/c1-9-5-10(2)7-11(6-9)16-12-3-4-13(17)15(12)8-14(16)18/h5-7,12H,3-4,8H2,1-2H3. The van der Waals surface area contributed by atoms with Crippen LogP contribution < -0.4 is 4.90 Å². The van der Waals surface area contributed by atoms with Gasteiger partial charge in [-0.1, -0.05) is 6.07 Å². The molecule has 1 unspecified atom stereocenters. The summed E-state index contributed by atoms with van der Waals surface area (Å²) in [4.78, 5) is 27.2. The van der Waals surface area contributed by atoms with Gasteiger partial charge in [0.25, 0.3) is 0 Å². The third-order valence-electron chi connectivity index (χ3n) is 3.65. The van der Waals surface area contributed by atoms with Gasteiger partial charge in [0.15, 0.2) is 0 Å². The predicted molar refractivity (Wildman–Crippen MR) is 68.1 cm³/mol. The number of rotatable bonds is 1. The van der Waals surface area contributed by atoms with Gasteiger partial charge >= 0.3 is 0 Å². The highest BCUT2D eigenvalue weighted by Crippen LogP contribution is 2.32. The largest absolute Gasteiger partial charge is 0.312 e. The Kier molecular flexibility index (Phi) is 2.40. The van der Waals surface area contributed by atoms with Gasteiger partial charge in [-0.15, -0.1) is 0 Å². The van der Waals surface area contributed by atoms with Crippen LogP contribution in [0.1, 0.15) is 24.0 Å². The zero-order valence-corrected chi connectivity index (χ0v) is 10.6. The topological polar surface area (TPSA) is 40.6 Å². The van der Waals surface area contributed by atoms with E-state index in [2.05, 4.69) is 6.07 Å². The van der Waals surface area contributed by atoms with Crippen LogP contribution in [0.4, 0.5) is 5.69 Å². The summed E-state index contributed by atoms with van der Waals surface area (Å²) >= 11 is 0. The predicted octanol–water partition coefficient (Wildman–Crippen LogP) is 1.60. The van der Waals surface area contributed by atoms with Gasteiger partial charge in [-0.25, -0.2) is 0 Å². The first-order valence-corrected chi connectivity index (χ1v) is 6.26. The molecule has 0 N–H and O–H groups in total. The lowest BCUT2D eigenvalue weighted by Gasteiger charge is -2.24. The van der Waals surface area contributed by atoms with E-state index in [-0.39, 0.29) is 24.5 Å². The van der Waals surface area contributed by atoms with Gasteiger partial charge in [-0.3, -0.25) is 14.5 Å². The Hall–Kier alpha value is -1.84. The SMILES string of the molecule is Cc1cc(C)cc(N2C(=O)CN3C(=O)CCC32)c1. The summed E-state index contributed by atoms with van der Waals surface area (Å²) in [5, 5.41) is 0. The van der Waals surface area contributed by atoms with Crippen LogP contribution in [-0.4, -0.2) is 29.4 Å². The number of carbonyl (C=O) groups is 2. The van der Waals surface area contributed by atoms with Crippen molar-refractivity contribution in [2.75, 3.05) is 11.4 Å². The molecule has 0 aromatic heterocycles. The van der Waals surface area contributed by atoms with Crippen LogP contribution in [0.2, 0.25) is 0 Å². The summed E-state index contributed by atoms with van der Waals surface area (Å²) in [7, 11) is 0. The molecule has 2 saturated heterocycles. The van der Waals surface area contributed by atoms with Gasteiger partial charge in [-0.2, -0.15) is 0 Å². The lowest BCUT2D eigenvalue weighted by Crippen LogP contribution is -2.36. The molecule has 1 aromatic carbocycles. The van der Waals surface area contributed by atoms with Gasteiger partial charge in [0, 0.05) is 12.1 Å². The van der Waals surface area contributed by atoms with Crippen LogP contribution in [0.5, 0.6) is 0 Å². The molecule has 2 heterocycles. The summed E-state index contributed by atoms with van der Waals surface area (Å²) in [6.07, 6.45) is 1.24. The van der Waals surface area contributed by atoms with E-state index in [0.29, 0.717) is 6.42 Å². The summed E-state index contributed by atoms with van der Waals surface area (Å²) < 4.78 is 0. The number of carbonyl (C=O) groups excluding carboxylic acids is 2. The number of nitrogens with zero attached hydrogens (tertiary/aromatic N) is 2. The maximum Gasteiger partial charge on any atom is 0.248 e. The van der Waals surface area contributed by atoms with E-state index in [1.807, 2.05) is 26.0 Å². The fourth-order valence-electron chi connectivity index (χ4n) is 2.97. The van der Waals surface area contributed by atoms with Crippen molar-refractivity contribution in [1.29, 1.82) is 0 Å². The highest BCUT2D eigenvalue weighted by molar-refractivity contribution is 6.02. The highest BCUT2D eigenvalue weighted by atomic mass is 16.2. The van der Waals surface area contributed by atoms with E-state index in [1.54, 1.807) is 9.80 Å². The molecule has 2 fully saturated rings. The second-order valence-corrected chi connectivity index (χ2v) is 5.15. The molecule has 94 valence electrons. The van der Waals surface area contributed by atoms with E-state index in [4.69, 9.17) is 0 Å². The molecule has 0 spiro atoms. The van der Waals surface area contributed by atoms with Crippen molar-refractivity contribution in [2.24, 2.45) is 0 Å². The molecule has 3 rings (SSSR count). The van der Waals surface area contributed by atoms with Gasteiger partial charge < -0.3 is 4.90 Å². The molecule has 2 aliphatic rings. The fourth-order valence-corrected chi connectivity index (χ4v) is 2.97. The molecule has 4 nitrogen and oxygen atoms in total. The Morgan fingerprint density at radius 2 is 1.72 bits per heavy atom. The third-order valence-corrected chi connectivity index (χ3v) is 3.65. The maximum absolute atomic E-state index is 12.1. The highest BCUT2D eigenvalue weighted by Gasteiger charge is 2.45. The molecule has 2 aliphatic heterocycles. The molecule has 18 heavy (non-hydrogen) atoms. The lowest BCUT2D eigenvalue weighted by molar-refractivity contribution is -0.129. The van der Waals surface area contributed by atoms with E-state index >= 15 is 0 Å². The molecule has 0 aliphatic carbocycles. The molecular formula is C14H16N2O2. The molecular weight excluding hydrogens is 228 g/mol. The van der Waals surface area contributed by atoms with Crippen LogP contribution in [0.3, 0.4) is 0 Å². The van der Waals surface area contributed by atoms with E-state index in [9.17, 15) is 9.59 Å². The molecule has 4 heteroatoms. The minimum absolute atomic E-state index is 0.0260. The quantitative estimate of drug-likeness (QED) is 0.753. The van der Waals surface area contributed by atoms with Crippen molar-refractivity contribution in [3.05, 3.63) is 29.3 Å². The zero-order chi connectivity index (χ0) is 12.9. The van der Waals surface area contributed by atoms with Crippen LogP contribution in [-0.2, 0) is 9.59 Å².